The lowest BCUT2D eigenvalue weighted by Gasteiger charge is -2.23. The van der Waals surface area contributed by atoms with E-state index in [1.807, 2.05) is 6.07 Å². The maximum atomic E-state index is 13.2. The van der Waals surface area contributed by atoms with Crippen LogP contribution in [0.25, 0.3) is 0 Å². The Bertz CT molecular complexity index is 1230. The van der Waals surface area contributed by atoms with Crippen molar-refractivity contribution in [2.45, 2.75) is 55.7 Å². The van der Waals surface area contributed by atoms with Crippen molar-refractivity contribution in [3.63, 3.8) is 0 Å². The fourth-order valence-electron chi connectivity index (χ4n) is 4.33. The number of hydrogen-bond donors (Lipinski definition) is 8. The predicted molar refractivity (Wildman–Crippen MR) is 162 cm³/mol. The number of rotatable bonds is 6. The van der Waals surface area contributed by atoms with Gasteiger partial charge in [0.05, 0.1) is 18.0 Å². The first-order valence-electron chi connectivity index (χ1n) is 14.1. The Morgan fingerprint density at radius 3 is 2.36 bits per heavy atom. The van der Waals surface area contributed by atoms with Crippen LogP contribution < -0.4 is 43.4 Å². The highest BCUT2D eigenvalue weighted by molar-refractivity contribution is 8.00. The van der Waals surface area contributed by atoms with Gasteiger partial charge < -0.3 is 42.8 Å². The van der Waals surface area contributed by atoms with Gasteiger partial charge >= 0.3 is 5.97 Å². The van der Waals surface area contributed by atoms with Gasteiger partial charge in [0.1, 0.15) is 31.3 Å². The van der Waals surface area contributed by atoms with Gasteiger partial charge in [0.2, 0.25) is 29.5 Å². The number of hydrogen-bond acceptors (Lipinski definition) is 10. The molecule has 2 saturated heterocycles. The molecule has 3 rings (SSSR count). The van der Waals surface area contributed by atoms with Crippen LogP contribution in [0, 0.1) is 0 Å². The molecule has 44 heavy (non-hydrogen) atoms. The quantitative estimate of drug-likeness (QED) is 0.0663. The molecule has 17 heteroatoms. The summed E-state index contributed by atoms with van der Waals surface area (Å²) >= 11 is 1.36. The van der Waals surface area contributed by atoms with Gasteiger partial charge in [-0.05, 0) is 25.3 Å². The van der Waals surface area contributed by atoms with E-state index in [2.05, 4.69) is 36.9 Å². The Morgan fingerprint density at radius 1 is 0.909 bits per heavy atom. The lowest BCUT2D eigenvalue weighted by atomic mass is 10.0. The van der Waals surface area contributed by atoms with E-state index in [9.17, 15) is 28.8 Å². The maximum Gasteiger partial charge on any atom is 0.325 e. The smallest absolute Gasteiger partial charge is 0.325 e. The van der Waals surface area contributed by atoms with E-state index in [0.717, 1.165) is 5.56 Å². The summed E-state index contributed by atoms with van der Waals surface area (Å²) in [5, 5.41) is 15.5. The summed E-state index contributed by atoms with van der Waals surface area (Å²) in [6.45, 7) is 0.729. The number of thioether (sulfide) groups is 1. The normalized spacial score (nSPS) is 26.1. The number of carbonyl (C=O) groups excluding carboxylic acids is 6. The number of guanidine groups is 1. The van der Waals surface area contributed by atoms with Gasteiger partial charge in [-0.25, -0.2) is 0 Å². The van der Waals surface area contributed by atoms with Crippen molar-refractivity contribution in [3.8, 4) is 0 Å². The van der Waals surface area contributed by atoms with Crippen LogP contribution in [0.2, 0.25) is 0 Å². The monoisotopic (exact) mass is 633 g/mol. The van der Waals surface area contributed by atoms with E-state index in [1.165, 1.54) is 18.7 Å². The molecule has 0 radical (unpaired) electrons. The minimum Gasteiger partial charge on any atom is -0.462 e. The van der Waals surface area contributed by atoms with E-state index in [-0.39, 0.29) is 37.3 Å². The van der Waals surface area contributed by atoms with Crippen molar-refractivity contribution >= 4 is 53.2 Å². The second-order valence-electron chi connectivity index (χ2n) is 10.2. The van der Waals surface area contributed by atoms with E-state index in [0.29, 0.717) is 12.2 Å². The highest BCUT2D eigenvalue weighted by Gasteiger charge is 2.32. The molecule has 0 spiro atoms. The van der Waals surface area contributed by atoms with Crippen LogP contribution in [-0.2, 0) is 39.9 Å². The molecule has 2 bridgehead atoms. The number of nitrogens with one attached hydrogen (secondary N) is 6. The zero-order chi connectivity index (χ0) is 32.1. The van der Waals surface area contributed by atoms with Gasteiger partial charge in [0.15, 0.2) is 5.96 Å². The number of benzene rings is 1. The number of ether oxygens (including phenoxy) is 1. The molecule has 240 valence electrons. The Morgan fingerprint density at radius 2 is 1.64 bits per heavy atom. The standard InChI is InChI=1S/C27H39N9O7S/c1-15-23(39)36-18(10-16-6-3-2-4-7-16)24(40)32-12-22(38)43-13-21-35-19(14-44-21)25(41)31-11-20(37)34-17(26(42)33-15)8-5-9-30-27(28)29/h2-4,6-7,15,17-19,21,35H,5,8-14H2,1H3,(H,31,41)(H,32,40)(H,33,42)(H,34,37)(H,36,39)(H4,28,29,30)/t15-,17-,18-,19-,21?/m0/s1. The fraction of sp³-hybridized carbons (Fsp3) is 0.519. The summed E-state index contributed by atoms with van der Waals surface area (Å²) in [4.78, 5) is 80.9. The summed E-state index contributed by atoms with van der Waals surface area (Å²) in [5.74, 6) is -3.47. The highest BCUT2D eigenvalue weighted by Crippen LogP contribution is 2.19. The molecule has 2 fully saturated rings. The predicted octanol–water partition coefficient (Wildman–Crippen LogP) is -3.42. The van der Waals surface area contributed by atoms with Gasteiger partial charge in [-0.1, -0.05) is 30.3 Å². The molecule has 1 aromatic carbocycles. The molecule has 0 aromatic heterocycles. The summed E-state index contributed by atoms with van der Waals surface area (Å²) in [5.41, 5.74) is 11.5. The number of carbonyl (C=O) groups is 6. The SMILES string of the molecule is C[C@@H]1NC(=O)[C@H](CCCN=C(N)N)NC(=O)CNC(=O)[C@@H]2CSC(COC(=O)CNC(=O)[C@H](Cc3ccccc3)NC1=O)N2. The molecule has 16 nitrogen and oxygen atoms in total. The van der Waals surface area contributed by atoms with Crippen molar-refractivity contribution in [1.82, 2.24) is 31.9 Å². The summed E-state index contributed by atoms with van der Waals surface area (Å²) < 4.78 is 5.25. The number of cyclic esters (lactones) is 1. The van der Waals surface area contributed by atoms with Crippen molar-refractivity contribution in [1.29, 1.82) is 0 Å². The molecule has 5 amide bonds. The number of nitrogens with zero attached hydrogens (tertiary/aromatic N) is 1. The summed E-state index contributed by atoms with van der Waals surface area (Å²) in [6, 6.07) is 5.05. The first-order valence-corrected chi connectivity index (χ1v) is 15.1. The van der Waals surface area contributed by atoms with Crippen LogP contribution in [0.5, 0.6) is 0 Å². The lowest BCUT2D eigenvalue weighted by molar-refractivity contribution is -0.144. The Hall–Kier alpha value is -4.38. The van der Waals surface area contributed by atoms with Gasteiger partial charge in [0, 0.05) is 18.7 Å². The van der Waals surface area contributed by atoms with Crippen LogP contribution in [0.15, 0.2) is 35.3 Å². The number of amides is 5. The molecule has 2 aliphatic heterocycles. The van der Waals surface area contributed by atoms with Crippen LogP contribution in [0.4, 0.5) is 0 Å². The van der Waals surface area contributed by atoms with E-state index < -0.39 is 72.8 Å². The number of esters is 1. The molecule has 1 aromatic rings. The largest absolute Gasteiger partial charge is 0.462 e. The first kappa shape index (κ1) is 34.1. The van der Waals surface area contributed by atoms with E-state index in [1.54, 1.807) is 24.3 Å². The van der Waals surface area contributed by atoms with Crippen molar-refractivity contribution in [2.75, 3.05) is 32.0 Å². The van der Waals surface area contributed by atoms with Crippen LogP contribution in [-0.4, -0.2) is 103 Å². The Balaban J connectivity index is 1.78. The van der Waals surface area contributed by atoms with Crippen LogP contribution in [0.3, 0.4) is 0 Å². The van der Waals surface area contributed by atoms with E-state index >= 15 is 0 Å². The summed E-state index contributed by atoms with van der Waals surface area (Å²) in [6.07, 6.45) is 0.572. The third kappa shape index (κ3) is 11.4. The van der Waals surface area contributed by atoms with Crippen molar-refractivity contribution in [2.24, 2.45) is 16.5 Å². The van der Waals surface area contributed by atoms with Crippen LogP contribution >= 0.6 is 11.8 Å². The summed E-state index contributed by atoms with van der Waals surface area (Å²) in [7, 11) is 0. The maximum absolute atomic E-state index is 13.2. The van der Waals surface area contributed by atoms with Gasteiger partial charge in [-0.3, -0.25) is 39.1 Å². The average Bonchev–Trinajstić information content (AvgIpc) is 3.48. The zero-order valence-electron chi connectivity index (χ0n) is 24.3. The Kier molecular flexibility index (Phi) is 13.2. The molecule has 0 saturated carbocycles. The lowest BCUT2D eigenvalue weighted by Crippen LogP contribution is -2.57. The molecular formula is C27H39N9O7S. The molecule has 1 unspecified atom stereocenters. The zero-order valence-corrected chi connectivity index (χ0v) is 25.1. The van der Waals surface area contributed by atoms with Crippen molar-refractivity contribution < 1.29 is 33.5 Å². The van der Waals surface area contributed by atoms with Crippen LogP contribution in [0.1, 0.15) is 25.3 Å². The average molecular weight is 634 g/mol. The van der Waals surface area contributed by atoms with E-state index in [4.69, 9.17) is 16.2 Å². The molecule has 0 aliphatic carbocycles. The third-order valence-electron chi connectivity index (χ3n) is 6.66. The van der Waals surface area contributed by atoms with Crippen molar-refractivity contribution in [3.05, 3.63) is 35.9 Å². The molecular weight excluding hydrogens is 594 g/mol. The van der Waals surface area contributed by atoms with Gasteiger partial charge in [0.25, 0.3) is 0 Å². The molecule has 10 N–H and O–H groups in total. The first-order chi connectivity index (χ1) is 21.0. The Labute approximate surface area is 258 Å². The molecule has 2 aliphatic rings. The number of aliphatic imine (C=N–C) groups is 1. The third-order valence-corrected chi connectivity index (χ3v) is 7.86. The molecule has 2 heterocycles. The highest BCUT2D eigenvalue weighted by atomic mass is 32.2. The number of nitrogens with two attached hydrogens (primary N) is 2. The fourth-order valence-corrected chi connectivity index (χ4v) is 5.42. The molecule has 5 atom stereocenters. The topological polar surface area (TPSA) is 248 Å². The number of fused-ring (bicyclic) bond motifs is 2. The second kappa shape index (κ2) is 17.0. The minimum absolute atomic E-state index is 0.0549. The second-order valence-corrected chi connectivity index (χ2v) is 11.4. The van der Waals surface area contributed by atoms with Gasteiger partial charge in [-0.15, -0.1) is 11.8 Å². The minimum atomic E-state index is -1.11. The van der Waals surface area contributed by atoms with Gasteiger partial charge in [-0.2, -0.15) is 0 Å².